The molecule has 0 bridgehead atoms. The minimum absolute atomic E-state index is 0.196. The molecule has 1 aromatic heterocycles. The first kappa shape index (κ1) is 17.2. The highest BCUT2D eigenvalue weighted by Crippen LogP contribution is 2.24. The smallest absolute Gasteiger partial charge is 0.265 e. The fourth-order valence-corrected chi connectivity index (χ4v) is 3.07. The monoisotopic (exact) mass is 370 g/mol. The lowest BCUT2D eigenvalue weighted by Gasteiger charge is -2.10. The summed E-state index contributed by atoms with van der Waals surface area (Å²) in [5.41, 5.74) is 2.47. The number of amides is 2. The molecule has 0 saturated carbocycles. The zero-order chi connectivity index (χ0) is 17.8. The highest BCUT2D eigenvalue weighted by atomic mass is 35.5. The molecule has 126 valence electrons. The Morgan fingerprint density at radius 2 is 1.76 bits per heavy atom. The molecule has 6 heteroatoms. The number of anilines is 2. The predicted molar refractivity (Wildman–Crippen MR) is 103 cm³/mol. The zero-order valence-corrected chi connectivity index (χ0v) is 14.9. The first-order valence-corrected chi connectivity index (χ1v) is 8.82. The van der Waals surface area contributed by atoms with Gasteiger partial charge in [0.1, 0.15) is 0 Å². The molecular formula is C19H15ClN2O2S. The van der Waals surface area contributed by atoms with Crippen LogP contribution in [0.5, 0.6) is 0 Å². The number of halogens is 1. The van der Waals surface area contributed by atoms with E-state index < -0.39 is 0 Å². The highest BCUT2D eigenvalue weighted by molar-refractivity contribution is 7.12. The van der Waals surface area contributed by atoms with Gasteiger partial charge in [-0.1, -0.05) is 29.8 Å². The van der Waals surface area contributed by atoms with Gasteiger partial charge in [-0.25, -0.2) is 0 Å². The molecule has 0 saturated heterocycles. The Bertz CT molecular complexity index is 923. The van der Waals surface area contributed by atoms with Gasteiger partial charge in [0.05, 0.1) is 4.88 Å². The largest absolute Gasteiger partial charge is 0.322 e. The summed E-state index contributed by atoms with van der Waals surface area (Å²) in [6.45, 7) is 1.84. The molecule has 1 heterocycles. The molecule has 2 amide bonds. The van der Waals surface area contributed by atoms with E-state index in [9.17, 15) is 9.59 Å². The van der Waals surface area contributed by atoms with Gasteiger partial charge in [0.15, 0.2) is 0 Å². The fraction of sp³-hybridized carbons (Fsp3) is 0.0526. The van der Waals surface area contributed by atoms with Crippen molar-refractivity contribution in [2.24, 2.45) is 0 Å². The van der Waals surface area contributed by atoms with Gasteiger partial charge in [-0.3, -0.25) is 9.59 Å². The quantitative estimate of drug-likeness (QED) is 0.661. The second-order valence-electron chi connectivity index (χ2n) is 5.38. The Balaban J connectivity index is 1.75. The Kier molecular flexibility index (Phi) is 5.16. The average molecular weight is 371 g/mol. The van der Waals surface area contributed by atoms with E-state index in [1.165, 1.54) is 11.3 Å². The number of hydrogen-bond acceptors (Lipinski definition) is 3. The topological polar surface area (TPSA) is 58.2 Å². The number of carbonyl (C=O) groups is 2. The van der Waals surface area contributed by atoms with Gasteiger partial charge in [-0.05, 0) is 54.3 Å². The standard InChI is InChI=1S/C19H15ClN2O2S/c1-12-15(20)7-3-8-16(12)22-18(23)13-5-2-6-14(11-13)21-19(24)17-9-4-10-25-17/h2-11H,1H3,(H,21,24)(H,22,23). The van der Waals surface area contributed by atoms with Crippen LogP contribution in [0.25, 0.3) is 0 Å². The summed E-state index contributed by atoms with van der Waals surface area (Å²) in [4.78, 5) is 25.2. The van der Waals surface area contributed by atoms with Crippen LogP contribution in [0, 0.1) is 6.92 Å². The van der Waals surface area contributed by atoms with Gasteiger partial charge in [0.2, 0.25) is 0 Å². The van der Waals surface area contributed by atoms with Crippen LogP contribution in [0.2, 0.25) is 5.02 Å². The van der Waals surface area contributed by atoms with Crippen molar-refractivity contribution < 1.29 is 9.59 Å². The van der Waals surface area contributed by atoms with E-state index in [0.29, 0.717) is 26.8 Å². The van der Waals surface area contributed by atoms with E-state index in [0.717, 1.165) is 5.56 Å². The van der Waals surface area contributed by atoms with Crippen LogP contribution >= 0.6 is 22.9 Å². The lowest BCUT2D eigenvalue weighted by Crippen LogP contribution is -2.14. The molecule has 0 spiro atoms. The second kappa shape index (κ2) is 7.51. The van der Waals surface area contributed by atoms with Gasteiger partial charge < -0.3 is 10.6 Å². The van der Waals surface area contributed by atoms with Crippen molar-refractivity contribution in [3.05, 3.63) is 81.0 Å². The maximum atomic E-state index is 12.5. The summed E-state index contributed by atoms with van der Waals surface area (Å²) in [5, 5.41) is 8.07. The van der Waals surface area contributed by atoms with Gasteiger partial charge in [-0.2, -0.15) is 0 Å². The van der Waals surface area contributed by atoms with Crippen LogP contribution in [-0.2, 0) is 0 Å². The number of benzene rings is 2. The molecule has 0 unspecified atom stereocenters. The van der Waals surface area contributed by atoms with Crippen molar-refractivity contribution in [2.75, 3.05) is 10.6 Å². The van der Waals surface area contributed by atoms with Crippen molar-refractivity contribution in [1.82, 2.24) is 0 Å². The zero-order valence-electron chi connectivity index (χ0n) is 13.4. The van der Waals surface area contributed by atoms with Crippen LogP contribution in [0.1, 0.15) is 25.6 Å². The number of carbonyl (C=O) groups excluding carboxylic acids is 2. The van der Waals surface area contributed by atoms with Crippen LogP contribution < -0.4 is 10.6 Å². The van der Waals surface area contributed by atoms with Crippen LogP contribution in [0.4, 0.5) is 11.4 Å². The maximum absolute atomic E-state index is 12.5. The Labute approximate surface area is 154 Å². The predicted octanol–water partition coefficient (Wildman–Crippen LogP) is 5.21. The molecule has 2 aromatic carbocycles. The van der Waals surface area contributed by atoms with Crippen LogP contribution in [0.15, 0.2) is 60.0 Å². The van der Waals surface area contributed by atoms with E-state index in [-0.39, 0.29) is 11.8 Å². The molecule has 0 fully saturated rings. The van der Waals surface area contributed by atoms with Crippen molar-refractivity contribution >= 4 is 46.1 Å². The Morgan fingerprint density at radius 3 is 2.52 bits per heavy atom. The summed E-state index contributed by atoms with van der Waals surface area (Å²) in [5.74, 6) is -0.462. The van der Waals surface area contributed by atoms with E-state index in [1.54, 1.807) is 48.5 Å². The number of nitrogens with one attached hydrogen (secondary N) is 2. The molecule has 0 aliphatic heterocycles. The van der Waals surface area contributed by atoms with Crippen LogP contribution in [-0.4, -0.2) is 11.8 Å². The van der Waals surface area contributed by atoms with Gasteiger partial charge in [0, 0.05) is 22.0 Å². The third-order valence-electron chi connectivity index (χ3n) is 3.64. The first-order chi connectivity index (χ1) is 12.0. The molecule has 3 rings (SSSR count). The lowest BCUT2D eigenvalue weighted by atomic mass is 10.1. The number of thiophene rings is 1. The average Bonchev–Trinajstić information content (AvgIpc) is 3.14. The van der Waals surface area contributed by atoms with E-state index in [4.69, 9.17) is 11.6 Å². The number of hydrogen-bond donors (Lipinski definition) is 2. The number of rotatable bonds is 4. The first-order valence-electron chi connectivity index (χ1n) is 7.56. The molecule has 0 atom stereocenters. The van der Waals surface area contributed by atoms with Gasteiger partial charge >= 0.3 is 0 Å². The Hall–Kier alpha value is -2.63. The SMILES string of the molecule is Cc1c(Cl)cccc1NC(=O)c1cccc(NC(=O)c2cccs2)c1. The van der Waals surface area contributed by atoms with E-state index in [2.05, 4.69) is 10.6 Å². The van der Waals surface area contributed by atoms with E-state index >= 15 is 0 Å². The Morgan fingerprint density at radius 1 is 0.960 bits per heavy atom. The summed E-state index contributed by atoms with van der Waals surface area (Å²) >= 11 is 7.44. The molecule has 2 N–H and O–H groups in total. The summed E-state index contributed by atoms with van der Waals surface area (Å²) in [6.07, 6.45) is 0. The lowest BCUT2D eigenvalue weighted by molar-refractivity contribution is 0.101. The molecule has 4 nitrogen and oxygen atoms in total. The van der Waals surface area contributed by atoms with Crippen molar-refractivity contribution in [1.29, 1.82) is 0 Å². The summed E-state index contributed by atoms with van der Waals surface area (Å²) in [7, 11) is 0. The molecule has 25 heavy (non-hydrogen) atoms. The third kappa shape index (κ3) is 4.07. The third-order valence-corrected chi connectivity index (χ3v) is 4.92. The fourth-order valence-electron chi connectivity index (χ4n) is 2.28. The van der Waals surface area contributed by atoms with Gasteiger partial charge in [0.25, 0.3) is 11.8 Å². The van der Waals surface area contributed by atoms with Gasteiger partial charge in [-0.15, -0.1) is 11.3 Å². The van der Waals surface area contributed by atoms with Crippen LogP contribution in [0.3, 0.4) is 0 Å². The summed E-state index contributed by atoms with van der Waals surface area (Å²) < 4.78 is 0. The molecule has 0 aliphatic carbocycles. The normalized spacial score (nSPS) is 10.3. The maximum Gasteiger partial charge on any atom is 0.265 e. The van der Waals surface area contributed by atoms with Crippen molar-refractivity contribution in [3.63, 3.8) is 0 Å². The molecule has 0 aliphatic rings. The molecule has 3 aromatic rings. The molecular weight excluding hydrogens is 356 g/mol. The summed E-state index contributed by atoms with van der Waals surface area (Å²) in [6, 6.07) is 15.7. The minimum atomic E-state index is -0.266. The van der Waals surface area contributed by atoms with Crippen molar-refractivity contribution in [2.45, 2.75) is 6.92 Å². The molecule has 0 radical (unpaired) electrons. The highest BCUT2D eigenvalue weighted by Gasteiger charge is 2.11. The minimum Gasteiger partial charge on any atom is -0.322 e. The van der Waals surface area contributed by atoms with Crippen molar-refractivity contribution in [3.8, 4) is 0 Å². The van der Waals surface area contributed by atoms with E-state index in [1.807, 2.05) is 18.4 Å². The second-order valence-corrected chi connectivity index (χ2v) is 6.73.